The number of nitrogens with zero attached hydrogens (tertiary/aromatic N) is 2. The van der Waals surface area contributed by atoms with Gasteiger partial charge in [0.1, 0.15) is 0 Å². The fraction of sp³-hybridized carbons (Fsp3) is 0.588. The molecule has 0 unspecified atom stereocenters. The van der Waals surface area contributed by atoms with Gasteiger partial charge in [0.25, 0.3) is 5.91 Å². The van der Waals surface area contributed by atoms with Gasteiger partial charge in [0.15, 0.2) is 0 Å². The number of benzene rings is 1. The molecule has 1 aromatic carbocycles. The van der Waals surface area contributed by atoms with Crippen LogP contribution in [0.1, 0.15) is 31.1 Å². The minimum Gasteiger partial charge on any atom is -0.336 e. The highest BCUT2D eigenvalue weighted by Gasteiger charge is 2.23. The summed E-state index contributed by atoms with van der Waals surface area (Å²) < 4.78 is 27.2. The molecular weight excluding hydrogens is 326 g/mol. The zero-order valence-electron chi connectivity index (χ0n) is 14.7. The molecule has 1 amide bonds. The van der Waals surface area contributed by atoms with E-state index in [2.05, 4.69) is 16.5 Å². The summed E-state index contributed by atoms with van der Waals surface area (Å²) in [7, 11) is -3.58. The van der Waals surface area contributed by atoms with Gasteiger partial charge in [-0.15, -0.1) is 0 Å². The van der Waals surface area contributed by atoms with Gasteiger partial charge in [-0.3, -0.25) is 4.79 Å². The molecule has 0 atom stereocenters. The molecule has 1 aliphatic heterocycles. The van der Waals surface area contributed by atoms with E-state index in [9.17, 15) is 13.2 Å². The topological polar surface area (TPSA) is 69.7 Å². The molecule has 7 heteroatoms. The average Bonchev–Trinajstić information content (AvgIpc) is 2.59. The maximum atomic E-state index is 12.6. The number of carbonyl (C=O) groups is 1. The van der Waals surface area contributed by atoms with Gasteiger partial charge in [-0.05, 0) is 30.7 Å². The minimum atomic E-state index is -3.58. The van der Waals surface area contributed by atoms with Gasteiger partial charge in [0.05, 0.1) is 4.90 Å². The molecular formula is C17H27N3O3S. The van der Waals surface area contributed by atoms with Crippen molar-refractivity contribution in [3.63, 3.8) is 0 Å². The van der Waals surface area contributed by atoms with Crippen LogP contribution < -0.4 is 4.72 Å². The molecule has 2 rings (SSSR count). The van der Waals surface area contributed by atoms with Crippen molar-refractivity contribution in [3.05, 3.63) is 29.8 Å². The largest absolute Gasteiger partial charge is 0.336 e. The van der Waals surface area contributed by atoms with E-state index < -0.39 is 10.0 Å². The molecule has 1 heterocycles. The molecule has 1 N–H and O–H groups in total. The van der Waals surface area contributed by atoms with Crippen molar-refractivity contribution in [3.8, 4) is 0 Å². The molecule has 0 bridgehead atoms. The van der Waals surface area contributed by atoms with Crippen LogP contribution in [0.4, 0.5) is 0 Å². The van der Waals surface area contributed by atoms with Gasteiger partial charge in [0, 0.05) is 38.3 Å². The minimum absolute atomic E-state index is 0.105. The standard InChI is InChI=1S/C17H27N3O3S/c1-4-19-8-10-20(11-9-19)17(21)15-6-5-7-16(12-15)24(22,23)18-13-14(2)3/h5-7,12,14,18H,4,8-11,13H2,1-3H3. The Hall–Kier alpha value is -1.44. The van der Waals surface area contributed by atoms with Gasteiger partial charge in [0.2, 0.25) is 10.0 Å². The van der Waals surface area contributed by atoms with E-state index in [-0.39, 0.29) is 16.7 Å². The predicted molar refractivity (Wildman–Crippen MR) is 94.5 cm³/mol. The second-order valence-electron chi connectivity index (χ2n) is 6.50. The summed E-state index contributed by atoms with van der Waals surface area (Å²) in [6, 6.07) is 6.29. The number of amides is 1. The second kappa shape index (κ2) is 8.09. The van der Waals surface area contributed by atoms with Crippen molar-refractivity contribution in [2.45, 2.75) is 25.7 Å². The molecule has 24 heavy (non-hydrogen) atoms. The van der Waals surface area contributed by atoms with Gasteiger partial charge < -0.3 is 9.80 Å². The van der Waals surface area contributed by atoms with Crippen LogP contribution in [0.25, 0.3) is 0 Å². The molecule has 6 nitrogen and oxygen atoms in total. The van der Waals surface area contributed by atoms with Crippen LogP contribution in [-0.2, 0) is 10.0 Å². The Kier molecular flexibility index (Phi) is 6.37. The fourth-order valence-corrected chi connectivity index (χ4v) is 3.87. The molecule has 0 spiro atoms. The normalized spacial score (nSPS) is 16.6. The number of hydrogen-bond acceptors (Lipinski definition) is 4. The van der Waals surface area contributed by atoms with Crippen LogP contribution in [-0.4, -0.2) is 63.4 Å². The SMILES string of the molecule is CCN1CCN(C(=O)c2cccc(S(=O)(=O)NCC(C)C)c2)CC1. The molecule has 0 radical (unpaired) electrons. The molecule has 1 aliphatic rings. The lowest BCUT2D eigenvalue weighted by atomic mass is 10.2. The lowest BCUT2D eigenvalue weighted by Crippen LogP contribution is -2.48. The first-order chi connectivity index (χ1) is 11.3. The Bertz CT molecular complexity index is 665. The van der Waals surface area contributed by atoms with E-state index in [0.717, 1.165) is 19.6 Å². The molecule has 0 aromatic heterocycles. The van der Waals surface area contributed by atoms with Crippen molar-refractivity contribution in [1.82, 2.24) is 14.5 Å². The second-order valence-corrected chi connectivity index (χ2v) is 8.27. The smallest absolute Gasteiger partial charge is 0.253 e. The quantitative estimate of drug-likeness (QED) is 0.839. The van der Waals surface area contributed by atoms with Crippen LogP contribution in [0.2, 0.25) is 0 Å². The van der Waals surface area contributed by atoms with E-state index >= 15 is 0 Å². The van der Waals surface area contributed by atoms with Crippen LogP contribution in [0, 0.1) is 5.92 Å². The lowest BCUT2D eigenvalue weighted by Gasteiger charge is -2.34. The molecule has 1 aromatic rings. The summed E-state index contributed by atoms with van der Waals surface area (Å²) in [5.74, 6) is 0.117. The van der Waals surface area contributed by atoms with Gasteiger partial charge in [-0.25, -0.2) is 13.1 Å². The molecule has 134 valence electrons. The van der Waals surface area contributed by atoms with Crippen molar-refractivity contribution in [1.29, 1.82) is 0 Å². The zero-order valence-corrected chi connectivity index (χ0v) is 15.5. The number of sulfonamides is 1. The highest BCUT2D eigenvalue weighted by molar-refractivity contribution is 7.89. The van der Waals surface area contributed by atoms with Gasteiger partial charge in [-0.2, -0.15) is 0 Å². The zero-order chi connectivity index (χ0) is 17.7. The number of rotatable bonds is 6. The van der Waals surface area contributed by atoms with Crippen LogP contribution in [0.5, 0.6) is 0 Å². The van der Waals surface area contributed by atoms with Crippen LogP contribution >= 0.6 is 0 Å². The average molecular weight is 353 g/mol. The number of hydrogen-bond donors (Lipinski definition) is 1. The Morgan fingerprint density at radius 2 is 1.88 bits per heavy atom. The van der Waals surface area contributed by atoms with Crippen LogP contribution in [0.15, 0.2) is 29.2 Å². The Balaban J connectivity index is 2.11. The first-order valence-electron chi connectivity index (χ1n) is 8.45. The highest BCUT2D eigenvalue weighted by atomic mass is 32.2. The number of carbonyl (C=O) groups excluding carboxylic acids is 1. The van der Waals surface area contributed by atoms with Crippen molar-refractivity contribution < 1.29 is 13.2 Å². The first kappa shape index (κ1) is 18.9. The third-order valence-electron chi connectivity index (χ3n) is 4.18. The Morgan fingerprint density at radius 3 is 2.46 bits per heavy atom. The molecule has 0 aliphatic carbocycles. The summed E-state index contributed by atoms with van der Waals surface area (Å²) >= 11 is 0. The third-order valence-corrected chi connectivity index (χ3v) is 5.60. The summed E-state index contributed by atoms with van der Waals surface area (Å²) in [5.41, 5.74) is 0.423. The van der Waals surface area contributed by atoms with Crippen LogP contribution in [0.3, 0.4) is 0 Å². The van der Waals surface area contributed by atoms with E-state index in [1.807, 2.05) is 13.8 Å². The van der Waals surface area contributed by atoms with E-state index in [1.54, 1.807) is 17.0 Å². The van der Waals surface area contributed by atoms with Crippen molar-refractivity contribution in [2.24, 2.45) is 5.92 Å². The number of piperazine rings is 1. The Labute approximate surface area is 144 Å². The maximum Gasteiger partial charge on any atom is 0.253 e. The van der Waals surface area contributed by atoms with Crippen molar-refractivity contribution >= 4 is 15.9 Å². The summed E-state index contributed by atoms with van der Waals surface area (Å²) in [4.78, 5) is 16.9. The summed E-state index contributed by atoms with van der Waals surface area (Å²) in [6.45, 7) is 10.4. The lowest BCUT2D eigenvalue weighted by molar-refractivity contribution is 0.0643. The maximum absolute atomic E-state index is 12.6. The van der Waals surface area contributed by atoms with Gasteiger partial charge in [-0.1, -0.05) is 26.8 Å². The third kappa shape index (κ3) is 4.78. The van der Waals surface area contributed by atoms with E-state index in [1.165, 1.54) is 12.1 Å². The predicted octanol–water partition coefficient (Wildman–Crippen LogP) is 1.40. The number of likely N-dealkylation sites (N-methyl/N-ethyl adjacent to an activating group) is 1. The van der Waals surface area contributed by atoms with Gasteiger partial charge >= 0.3 is 0 Å². The van der Waals surface area contributed by atoms with Crippen molar-refractivity contribution in [2.75, 3.05) is 39.3 Å². The van der Waals surface area contributed by atoms with E-state index in [4.69, 9.17) is 0 Å². The monoisotopic (exact) mass is 353 g/mol. The Morgan fingerprint density at radius 1 is 1.21 bits per heavy atom. The number of nitrogens with one attached hydrogen (secondary N) is 1. The van der Waals surface area contributed by atoms with E-state index in [0.29, 0.717) is 25.2 Å². The highest BCUT2D eigenvalue weighted by Crippen LogP contribution is 2.15. The molecule has 0 saturated carbocycles. The fourth-order valence-electron chi connectivity index (χ4n) is 2.61. The summed E-state index contributed by atoms with van der Waals surface area (Å²) in [5, 5.41) is 0. The first-order valence-corrected chi connectivity index (χ1v) is 9.93. The molecule has 1 fully saturated rings. The molecule has 1 saturated heterocycles. The summed E-state index contributed by atoms with van der Waals surface area (Å²) in [6.07, 6.45) is 0.